The van der Waals surface area contributed by atoms with E-state index in [9.17, 15) is 13.2 Å². The van der Waals surface area contributed by atoms with Crippen molar-refractivity contribution in [1.29, 1.82) is 0 Å². The van der Waals surface area contributed by atoms with E-state index in [2.05, 4.69) is 15.2 Å². The van der Waals surface area contributed by atoms with E-state index in [1.807, 2.05) is 12.1 Å². The number of aliphatic carboxylic acids is 1. The molecule has 0 radical (unpaired) electrons. The Hall–Kier alpha value is -1.54. The van der Waals surface area contributed by atoms with Gasteiger partial charge in [0.05, 0.1) is 0 Å². The molecule has 2 N–H and O–H groups in total. The molecule has 112 valence electrons. The van der Waals surface area contributed by atoms with Gasteiger partial charge in [0.25, 0.3) is 0 Å². The van der Waals surface area contributed by atoms with Gasteiger partial charge in [0, 0.05) is 26.2 Å². The van der Waals surface area contributed by atoms with Crippen molar-refractivity contribution in [1.82, 2.24) is 10.3 Å². The highest BCUT2D eigenvalue weighted by molar-refractivity contribution is 6.29. The fourth-order valence-electron chi connectivity index (χ4n) is 1.47. The summed E-state index contributed by atoms with van der Waals surface area (Å²) < 4.78 is 31.7. The summed E-state index contributed by atoms with van der Waals surface area (Å²) in [6.45, 7) is 4.06. The largest absolute Gasteiger partial charge is 0.490 e. The Kier molecular flexibility index (Phi) is 6.03. The van der Waals surface area contributed by atoms with Gasteiger partial charge in [-0.1, -0.05) is 17.7 Å². The molecule has 2 rings (SSSR count). The predicted molar refractivity (Wildman–Crippen MR) is 68.0 cm³/mol. The maximum Gasteiger partial charge on any atom is 0.490 e. The molecule has 1 aliphatic rings. The van der Waals surface area contributed by atoms with Gasteiger partial charge in [-0.15, -0.1) is 0 Å². The first-order valence-electron chi connectivity index (χ1n) is 5.69. The van der Waals surface area contributed by atoms with E-state index in [1.54, 1.807) is 6.07 Å². The van der Waals surface area contributed by atoms with Crippen LogP contribution in [0.25, 0.3) is 0 Å². The maximum atomic E-state index is 10.6. The van der Waals surface area contributed by atoms with Crippen LogP contribution < -0.4 is 10.2 Å². The monoisotopic (exact) mass is 311 g/mol. The molecule has 20 heavy (non-hydrogen) atoms. The number of pyridine rings is 1. The van der Waals surface area contributed by atoms with Crippen LogP contribution in [0.5, 0.6) is 0 Å². The first-order valence-corrected chi connectivity index (χ1v) is 6.07. The van der Waals surface area contributed by atoms with Gasteiger partial charge >= 0.3 is 12.1 Å². The molecule has 0 bridgehead atoms. The fourth-order valence-corrected chi connectivity index (χ4v) is 1.63. The quantitative estimate of drug-likeness (QED) is 0.774. The van der Waals surface area contributed by atoms with Crippen molar-refractivity contribution in [2.75, 3.05) is 31.1 Å². The summed E-state index contributed by atoms with van der Waals surface area (Å²) in [6, 6.07) is 5.73. The average Bonchev–Trinajstić information content (AvgIpc) is 2.39. The molecule has 9 heteroatoms. The number of piperazine rings is 1. The Balaban J connectivity index is 0.000000246. The molecule has 0 spiro atoms. The summed E-state index contributed by atoms with van der Waals surface area (Å²) in [5, 5.41) is 11.0. The van der Waals surface area contributed by atoms with Crippen LogP contribution in [0.2, 0.25) is 5.15 Å². The number of nitrogens with one attached hydrogen (secondary N) is 1. The van der Waals surface area contributed by atoms with Crippen molar-refractivity contribution in [3.8, 4) is 0 Å². The molecule has 0 atom stereocenters. The van der Waals surface area contributed by atoms with Gasteiger partial charge in [-0.3, -0.25) is 0 Å². The Bertz CT molecular complexity index is 451. The highest BCUT2D eigenvalue weighted by Crippen LogP contribution is 2.14. The number of carboxylic acids is 1. The third-order valence-corrected chi connectivity index (χ3v) is 2.59. The Morgan fingerprint density at radius 2 is 1.90 bits per heavy atom. The number of anilines is 1. The summed E-state index contributed by atoms with van der Waals surface area (Å²) in [7, 11) is 0. The zero-order valence-electron chi connectivity index (χ0n) is 10.3. The van der Waals surface area contributed by atoms with Crippen molar-refractivity contribution in [2.24, 2.45) is 0 Å². The third-order valence-electron chi connectivity index (χ3n) is 2.38. The molecule has 1 aromatic rings. The molecule has 2 heterocycles. The maximum absolute atomic E-state index is 10.6. The van der Waals surface area contributed by atoms with Crippen molar-refractivity contribution >= 4 is 23.4 Å². The van der Waals surface area contributed by atoms with Crippen LogP contribution in [0.15, 0.2) is 18.2 Å². The van der Waals surface area contributed by atoms with E-state index < -0.39 is 12.1 Å². The van der Waals surface area contributed by atoms with E-state index >= 15 is 0 Å². The van der Waals surface area contributed by atoms with Crippen LogP contribution in [0.4, 0.5) is 19.0 Å². The van der Waals surface area contributed by atoms with Crippen LogP contribution >= 0.6 is 11.6 Å². The number of rotatable bonds is 1. The summed E-state index contributed by atoms with van der Waals surface area (Å²) in [5.41, 5.74) is 0. The number of nitrogens with zero attached hydrogens (tertiary/aromatic N) is 2. The minimum Gasteiger partial charge on any atom is -0.475 e. The first kappa shape index (κ1) is 16.5. The minimum atomic E-state index is -5.08. The second kappa shape index (κ2) is 7.30. The van der Waals surface area contributed by atoms with Crippen LogP contribution in [-0.2, 0) is 4.79 Å². The molecule has 1 aromatic heterocycles. The lowest BCUT2D eigenvalue weighted by molar-refractivity contribution is -0.192. The third kappa shape index (κ3) is 5.62. The SMILES string of the molecule is Clc1cccc(N2CCNCC2)n1.O=C(O)C(F)(F)F. The van der Waals surface area contributed by atoms with Gasteiger partial charge in [0.2, 0.25) is 0 Å². The average molecular weight is 312 g/mol. The molecule has 1 fully saturated rings. The minimum absolute atomic E-state index is 0.566. The molecular weight excluding hydrogens is 299 g/mol. The van der Waals surface area contributed by atoms with Crippen molar-refractivity contribution in [3.63, 3.8) is 0 Å². The zero-order chi connectivity index (χ0) is 15.2. The lowest BCUT2D eigenvalue weighted by atomic mass is 10.3. The van der Waals surface area contributed by atoms with Gasteiger partial charge in [-0.2, -0.15) is 13.2 Å². The Labute approximate surface area is 118 Å². The van der Waals surface area contributed by atoms with Crippen LogP contribution in [-0.4, -0.2) is 48.4 Å². The molecule has 0 aromatic carbocycles. The van der Waals surface area contributed by atoms with Crippen molar-refractivity contribution < 1.29 is 23.1 Å². The zero-order valence-corrected chi connectivity index (χ0v) is 11.1. The van der Waals surface area contributed by atoms with Gasteiger partial charge in [0.15, 0.2) is 0 Å². The molecule has 5 nitrogen and oxygen atoms in total. The Morgan fingerprint density at radius 3 is 2.35 bits per heavy atom. The highest BCUT2D eigenvalue weighted by Gasteiger charge is 2.38. The molecule has 1 saturated heterocycles. The second-order valence-electron chi connectivity index (χ2n) is 3.86. The highest BCUT2D eigenvalue weighted by atomic mass is 35.5. The van der Waals surface area contributed by atoms with Gasteiger partial charge in [-0.25, -0.2) is 9.78 Å². The van der Waals surface area contributed by atoms with E-state index in [1.165, 1.54) is 0 Å². The smallest absolute Gasteiger partial charge is 0.475 e. The number of carboxylic acid groups (broad SMARTS) is 1. The van der Waals surface area contributed by atoms with Gasteiger partial charge in [0.1, 0.15) is 11.0 Å². The number of carbonyl (C=O) groups is 1. The molecule has 1 aliphatic heterocycles. The van der Waals surface area contributed by atoms with E-state index in [0.717, 1.165) is 32.0 Å². The van der Waals surface area contributed by atoms with Crippen molar-refractivity contribution in [2.45, 2.75) is 6.18 Å². The summed E-state index contributed by atoms with van der Waals surface area (Å²) >= 11 is 5.81. The standard InChI is InChI=1S/C9H12ClN3.C2HF3O2/c10-8-2-1-3-9(12-8)13-6-4-11-5-7-13;3-2(4,5)1(6)7/h1-3,11H,4-7H2;(H,6,7). The number of hydrogen-bond acceptors (Lipinski definition) is 4. The number of hydrogen-bond donors (Lipinski definition) is 2. The predicted octanol–water partition coefficient (Wildman–Crippen LogP) is 1.78. The molecular formula is C11H13ClF3N3O2. The molecule has 0 unspecified atom stereocenters. The number of halogens is 4. The lowest BCUT2D eigenvalue weighted by Gasteiger charge is -2.28. The van der Waals surface area contributed by atoms with Crippen LogP contribution in [0.1, 0.15) is 0 Å². The van der Waals surface area contributed by atoms with Crippen LogP contribution in [0, 0.1) is 0 Å². The second-order valence-corrected chi connectivity index (χ2v) is 4.25. The van der Waals surface area contributed by atoms with Crippen molar-refractivity contribution in [3.05, 3.63) is 23.4 Å². The summed E-state index contributed by atoms with van der Waals surface area (Å²) in [6.07, 6.45) is -5.08. The van der Waals surface area contributed by atoms with Gasteiger partial charge < -0.3 is 15.3 Å². The first-order chi connectivity index (χ1) is 9.30. The fraction of sp³-hybridized carbons (Fsp3) is 0.455. The molecule has 0 aliphatic carbocycles. The lowest BCUT2D eigenvalue weighted by Crippen LogP contribution is -2.43. The van der Waals surface area contributed by atoms with Gasteiger partial charge in [-0.05, 0) is 12.1 Å². The van der Waals surface area contributed by atoms with E-state index in [-0.39, 0.29) is 0 Å². The topological polar surface area (TPSA) is 65.5 Å². The normalized spacial score (nSPS) is 15.3. The van der Waals surface area contributed by atoms with E-state index in [0.29, 0.717) is 5.15 Å². The number of alkyl halides is 3. The molecule has 0 saturated carbocycles. The Morgan fingerprint density at radius 1 is 1.35 bits per heavy atom. The number of aromatic nitrogens is 1. The summed E-state index contributed by atoms with van der Waals surface area (Å²) in [5.74, 6) is -1.78. The molecule has 0 amide bonds. The van der Waals surface area contributed by atoms with E-state index in [4.69, 9.17) is 21.5 Å². The summed E-state index contributed by atoms with van der Waals surface area (Å²) in [4.78, 5) is 15.4. The van der Waals surface area contributed by atoms with Crippen LogP contribution in [0.3, 0.4) is 0 Å².